The number of aryl methyl sites for hydroxylation is 1. The van der Waals surface area contributed by atoms with E-state index in [-0.39, 0.29) is 17.2 Å². The third-order valence-electron chi connectivity index (χ3n) is 3.65. The Balaban J connectivity index is 1.84. The van der Waals surface area contributed by atoms with Crippen molar-refractivity contribution in [2.45, 2.75) is 37.8 Å². The van der Waals surface area contributed by atoms with Gasteiger partial charge in [0.1, 0.15) is 0 Å². The number of thioether (sulfide) groups is 1. The first kappa shape index (κ1) is 16.6. The Morgan fingerprint density at radius 3 is 2.32 bits per heavy atom. The summed E-state index contributed by atoms with van der Waals surface area (Å²) in [6.45, 7) is 6.05. The van der Waals surface area contributed by atoms with E-state index in [9.17, 15) is 4.79 Å². The first-order chi connectivity index (χ1) is 10.6. The molecular weight excluding hydrogens is 290 g/mol. The second kappa shape index (κ2) is 8.04. The van der Waals surface area contributed by atoms with Gasteiger partial charge in [0.25, 0.3) is 0 Å². The average molecular weight is 313 g/mol. The number of rotatable bonds is 6. The molecule has 0 unspecified atom stereocenters. The van der Waals surface area contributed by atoms with Crippen LogP contribution in [0.3, 0.4) is 0 Å². The van der Waals surface area contributed by atoms with Crippen LogP contribution in [0.15, 0.2) is 54.6 Å². The highest BCUT2D eigenvalue weighted by molar-refractivity contribution is 7.99. The van der Waals surface area contributed by atoms with Crippen LogP contribution in [0.25, 0.3) is 0 Å². The number of hydrogen-bond donors (Lipinski definition) is 1. The molecule has 2 rings (SSSR count). The largest absolute Gasteiger partial charge is 0.349 e. The van der Waals surface area contributed by atoms with Crippen molar-refractivity contribution >= 4 is 17.7 Å². The lowest BCUT2D eigenvalue weighted by molar-refractivity contribution is -0.120. The van der Waals surface area contributed by atoms with Crippen LogP contribution in [0.4, 0.5) is 0 Å². The standard InChI is InChI=1S/C19H23NOS/c1-14-9-11-18(12-10-14)15(2)20-19(21)16(3)22-13-17-7-5-4-6-8-17/h4-12,15-16H,13H2,1-3H3,(H,20,21)/t15-,16-/m1/s1. The van der Waals surface area contributed by atoms with Gasteiger partial charge >= 0.3 is 0 Å². The quantitative estimate of drug-likeness (QED) is 0.851. The lowest BCUT2D eigenvalue weighted by atomic mass is 10.1. The van der Waals surface area contributed by atoms with Gasteiger partial charge in [-0.1, -0.05) is 60.2 Å². The molecule has 0 aliphatic carbocycles. The molecule has 22 heavy (non-hydrogen) atoms. The van der Waals surface area contributed by atoms with Crippen molar-refractivity contribution in [3.63, 3.8) is 0 Å². The number of nitrogens with one attached hydrogen (secondary N) is 1. The van der Waals surface area contributed by atoms with Crippen LogP contribution in [-0.4, -0.2) is 11.2 Å². The van der Waals surface area contributed by atoms with Crippen molar-refractivity contribution < 1.29 is 4.79 Å². The monoisotopic (exact) mass is 313 g/mol. The second-order valence-corrected chi connectivity index (χ2v) is 6.91. The number of carbonyl (C=O) groups excluding carboxylic acids is 1. The Labute approximate surface area is 137 Å². The zero-order chi connectivity index (χ0) is 15.9. The minimum atomic E-state index is -0.0619. The van der Waals surface area contributed by atoms with Crippen molar-refractivity contribution in [3.05, 3.63) is 71.3 Å². The number of amides is 1. The maximum Gasteiger partial charge on any atom is 0.233 e. The number of carbonyl (C=O) groups is 1. The van der Waals surface area contributed by atoms with E-state index in [1.165, 1.54) is 11.1 Å². The average Bonchev–Trinajstić information content (AvgIpc) is 2.54. The molecule has 2 aromatic rings. The third kappa shape index (κ3) is 4.92. The molecule has 3 heteroatoms. The highest BCUT2D eigenvalue weighted by Gasteiger charge is 2.16. The second-order valence-electron chi connectivity index (χ2n) is 5.58. The van der Waals surface area contributed by atoms with Crippen LogP contribution < -0.4 is 5.32 Å². The maximum atomic E-state index is 12.3. The summed E-state index contributed by atoms with van der Waals surface area (Å²) in [5.41, 5.74) is 3.62. The fourth-order valence-electron chi connectivity index (χ4n) is 2.14. The van der Waals surface area contributed by atoms with Gasteiger partial charge in [0.2, 0.25) is 5.91 Å². The molecule has 0 fully saturated rings. The van der Waals surface area contributed by atoms with Gasteiger partial charge in [-0.15, -0.1) is 11.8 Å². The Kier molecular flexibility index (Phi) is 6.08. The maximum absolute atomic E-state index is 12.3. The predicted octanol–water partition coefficient (Wildman–Crippen LogP) is 4.49. The molecule has 116 valence electrons. The summed E-state index contributed by atoms with van der Waals surface area (Å²) in [5.74, 6) is 0.947. The fraction of sp³-hybridized carbons (Fsp3) is 0.316. The summed E-state index contributed by atoms with van der Waals surface area (Å²) in [6, 6.07) is 18.6. The van der Waals surface area contributed by atoms with Gasteiger partial charge in [0, 0.05) is 5.75 Å². The van der Waals surface area contributed by atoms with Gasteiger partial charge in [-0.05, 0) is 31.9 Å². The van der Waals surface area contributed by atoms with Crippen LogP contribution in [-0.2, 0) is 10.5 Å². The fourth-order valence-corrected chi connectivity index (χ4v) is 2.99. The number of hydrogen-bond acceptors (Lipinski definition) is 2. The highest BCUT2D eigenvalue weighted by Crippen LogP contribution is 2.19. The Bertz CT molecular complexity index is 595. The molecular formula is C19H23NOS. The SMILES string of the molecule is Cc1ccc([C@@H](C)NC(=O)[C@@H](C)SCc2ccccc2)cc1. The number of benzene rings is 2. The molecule has 2 atom stereocenters. The molecule has 0 saturated carbocycles. The Morgan fingerprint density at radius 1 is 1.05 bits per heavy atom. The Morgan fingerprint density at radius 2 is 1.68 bits per heavy atom. The van der Waals surface area contributed by atoms with Gasteiger partial charge in [0.05, 0.1) is 11.3 Å². The van der Waals surface area contributed by atoms with Crippen LogP contribution in [0.2, 0.25) is 0 Å². The molecule has 2 nitrogen and oxygen atoms in total. The minimum absolute atomic E-state index is 0.0351. The first-order valence-electron chi connectivity index (χ1n) is 7.58. The van der Waals surface area contributed by atoms with Gasteiger partial charge < -0.3 is 5.32 Å². The Hall–Kier alpha value is -1.74. The topological polar surface area (TPSA) is 29.1 Å². The smallest absolute Gasteiger partial charge is 0.233 e. The van der Waals surface area contributed by atoms with Crippen LogP contribution in [0, 0.1) is 6.92 Å². The van der Waals surface area contributed by atoms with E-state index in [4.69, 9.17) is 0 Å². The molecule has 0 heterocycles. The summed E-state index contributed by atoms with van der Waals surface area (Å²) in [7, 11) is 0. The summed E-state index contributed by atoms with van der Waals surface area (Å²) >= 11 is 1.67. The van der Waals surface area contributed by atoms with Crippen LogP contribution >= 0.6 is 11.8 Å². The highest BCUT2D eigenvalue weighted by atomic mass is 32.2. The van der Waals surface area contributed by atoms with E-state index in [1.807, 2.05) is 32.0 Å². The molecule has 0 aromatic heterocycles. The van der Waals surface area contributed by atoms with Gasteiger partial charge in [-0.25, -0.2) is 0 Å². The molecule has 0 saturated heterocycles. The summed E-state index contributed by atoms with van der Waals surface area (Å²) < 4.78 is 0. The molecule has 0 aliphatic heterocycles. The molecule has 2 aromatic carbocycles. The van der Waals surface area contributed by atoms with Gasteiger partial charge in [-0.3, -0.25) is 4.79 Å². The molecule has 0 aliphatic rings. The van der Waals surface area contributed by atoms with E-state index in [0.29, 0.717) is 0 Å². The summed E-state index contributed by atoms with van der Waals surface area (Å²) in [4.78, 5) is 12.3. The normalized spacial score (nSPS) is 13.4. The predicted molar refractivity (Wildman–Crippen MR) is 94.9 cm³/mol. The van der Waals surface area contributed by atoms with E-state index >= 15 is 0 Å². The van der Waals surface area contributed by atoms with E-state index < -0.39 is 0 Å². The van der Waals surface area contributed by atoms with E-state index in [2.05, 4.69) is 48.6 Å². The van der Waals surface area contributed by atoms with Crippen molar-refractivity contribution in [2.75, 3.05) is 0 Å². The van der Waals surface area contributed by atoms with Crippen molar-refractivity contribution in [1.82, 2.24) is 5.32 Å². The van der Waals surface area contributed by atoms with Crippen molar-refractivity contribution in [1.29, 1.82) is 0 Å². The molecule has 0 bridgehead atoms. The summed E-state index contributed by atoms with van der Waals surface area (Å²) in [6.07, 6.45) is 0. The van der Waals surface area contributed by atoms with Gasteiger partial charge in [-0.2, -0.15) is 0 Å². The zero-order valence-corrected chi connectivity index (χ0v) is 14.2. The lowest BCUT2D eigenvalue weighted by Gasteiger charge is -2.18. The minimum Gasteiger partial charge on any atom is -0.349 e. The molecule has 1 N–H and O–H groups in total. The molecule has 0 spiro atoms. The third-order valence-corrected chi connectivity index (χ3v) is 4.86. The summed E-state index contributed by atoms with van der Waals surface area (Å²) in [5, 5.41) is 3.03. The van der Waals surface area contributed by atoms with Crippen molar-refractivity contribution in [2.24, 2.45) is 0 Å². The molecule has 1 amide bonds. The van der Waals surface area contributed by atoms with E-state index in [0.717, 1.165) is 11.3 Å². The van der Waals surface area contributed by atoms with Crippen molar-refractivity contribution in [3.8, 4) is 0 Å². The van der Waals surface area contributed by atoms with E-state index in [1.54, 1.807) is 11.8 Å². The van der Waals surface area contributed by atoms with Crippen LogP contribution in [0.1, 0.15) is 36.6 Å². The molecule has 0 radical (unpaired) electrons. The lowest BCUT2D eigenvalue weighted by Crippen LogP contribution is -2.33. The van der Waals surface area contributed by atoms with Gasteiger partial charge in [0.15, 0.2) is 0 Å². The zero-order valence-electron chi connectivity index (χ0n) is 13.4. The first-order valence-corrected chi connectivity index (χ1v) is 8.63. The van der Waals surface area contributed by atoms with Crippen LogP contribution in [0.5, 0.6) is 0 Å².